The highest BCUT2D eigenvalue weighted by Gasteiger charge is 2.38. The Morgan fingerprint density at radius 3 is 2.45 bits per heavy atom. The van der Waals surface area contributed by atoms with E-state index in [2.05, 4.69) is 29.5 Å². The molecule has 0 atom stereocenters. The van der Waals surface area contributed by atoms with Gasteiger partial charge in [0, 0.05) is 25.8 Å². The Morgan fingerprint density at radius 2 is 1.93 bits per heavy atom. The lowest BCUT2D eigenvalue weighted by molar-refractivity contribution is -0.192. The van der Waals surface area contributed by atoms with Crippen molar-refractivity contribution >= 4 is 11.9 Å². The smallest absolute Gasteiger partial charge is 0.475 e. The maximum absolute atomic E-state index is 12.4. The fourth-order valence-corrected chi connectivity index (χ4v) is 2.81. The third-order valence-corrected chi connectivity index (χ3v) is 4.43. The van der Waals surface area contributed by atoms with E-state index in [1.54, 1.807) is 6.07 Å². The molecule has 3 heterocycles. The summed E-state index contributed by atoms with van der Waals surface area (Å²) in [6, 6.07) is 1.70. The zero-order chi connectivity index (χ0) is 21.6. The Hall–Kier alpha value is -2.82. The fraction of sp³-hybridized carbons (Fsp3) is 0.500. The van der Waals surface area contributed by atoms with Gasteiger partial charge in [0.1, 0.15) is 12.1 Å². The maximum atomic E-state index is 12.4. The summed E-state index contributed by atoms with van der Waals surface area (Å²) in [5.41, 5.74) is 1.68. The van der Waals surface area contributed by atoms with Crippen LogP contribution in [0.2, 0.25) is 0 Å². The number of alkyl halides is 3. The minimum atomic E-state index is -5.08. The number of furan rings is 1. The molecule has 1 aliphatic heterocycles. The van der Waals surface area contributed by atoms with E-state index in [0.29, 0.717) is 18.7 Å². The highest BCUT2D eigenvalue weighted by atomic mass is 19.4. The first-order valence-corrected chi connectivity index (χ1v) is 9.04. The van der Waals surface area contributed by atoms with Crippen LogP contribution >= 0.6 is 0 Å². The number of aliphatic carboxylic acids is 1. The molecule has 0 spiro atoms. The van der Waals surface area contributed by atoms with E-state index in [1.807, 2.05) is 4.90 Å². The van der Waals surface area contributed by atoms with Crippen molar-refractivity contribution in [1.29, 1.82) is 0 Å². The van der Waals surface area contributed by atoms with Gasteiger partial charge in [-0.3, -0.25) is 9.69 Å². The van der Waals surface area contributed by atoms with E-state index < -0.39 is 12.1 Å². The fourth-order valence-electron chi connectivity index (χ4n) is 2.81. The lowest BCUT2D eigenvalue weighted by Gasteiger charge is -2.27. The van der Waals surface area contributed by atoms with Crippen molar-refractivity contribution in [2.45, 2.75) is 39.7 Å². The highest BCUT2D eigenvalue weighted by Crippen LogP contribution is 2.17. The van der Waals surface area contributed by atoms with Crippen LogP contribution in [-0.4, -0.2) is 62.1 Å². The topological polar surface area (TPSA) is 91.8 Å². The zero-order valence-electron chi connectivity index (χ0n) is 16.1. The minimum Gasteiger partial charge on any atom is -0.475 e. The number of hydrogen-bond acceptors (Lipinski definition) is 5. The van der Waals surface area contributed by atoms with Gasteiger partial charge < -0.3 is 19.0 Å². The van der Waals surface area contributed by atoms with Gasteiger partial charge in [-0.15, -0.1) is 0 Å². The molecule has 0 saturated heterocycles. The van der Waals surface area contributed by atoms with Gasteiger partial charge in [0.05, 0.1) is 24.1 Å². The van der Waals surface area contributed by atoms with Crippen LogP contribution < -0.4 is 0 Å². The number of nitrogens with zero attached hydrogens (tertiary/aromatic N) is 4. The van der Waals surface area contributed by atoms with Gasteiger partial charge in [-0.1, -0.05) is 13.8 Å². The second-order valence-electron chi connectivity index (χ2n) is 6.34. The molecule has 0 unspecified atom stereocenters. The van der Waals surface area contributed by atoms with Crippen molar-refractivity contribution in [1.82, 2.24) is 19.4 Å². The summed E-state index contributed by atoms with van der Waals surface area (Å²) < 4.78 is 38.9. The summed E-state index contributed by atoms with van der Waals surface area (Å²) in [6.45, 7) is 9.27. The standard InChI is InChI=1S/C16H22N4O2.C2HF3O2/c1-3-18(4-2)9-14-10-19-6-7-20(11-15(19)17-14)16(21)13-5-8-22-12-13;3-2(4,5)1(6)7/h5,8,10,12H,3-4,6-7,9,11H2,1-2H3;(H,6,7). The van der Waals surface area contributed by atoms with Crippen LogP contribution in [0.4, 0.5) is 13.2 Å². The Balaban J connectivity index is 0.000000370. The lowest BCUT2D eigenvalue weighted by Crippen LogP contribution is -2.38. The maximum Gasteiger partial charge on any atom is 0.490 e. The summed E-state index contributed by atoms with van der Waals surface area (Å²) >= 11 is 0. The van der Waals surface area contributed by atoms with Gasteiger partial charge in [0.25, 0.3) is 5.91 Å². The van der Waals surface area contributed by atoms with Crippen molar-refractivity contribution in [2.24, 2.45) is 0 Å². The molecule has 1 aliphatic rings. The van der Waals surface area contributed by atoms with Crippen LogP contribution in [0.1, 0.15) is 35.7 Å². The quantitative estimate of drug-likeness (QED) is 0.806. The number of carbonyl (C=O) groups excluding carboxylic acids is 1. The van der Waals surface area contributed by atoms with Gasteiger partial charge in [0.15, 0.2) is 0 Å². The molecule has 1 N–H and O–H groups in total. The average Bonchev–Trinajstić information content (AvgIpc) is 3.34. The van der Waals surface area contributed by atoms with E-state index in [9.17, 15) is 18.0 Å². The van der Waals surface area contributed by atoms with Gasteiger partial charge in [-0.2, -0.15) is 13.2 Å². The molecule has 0 fully saturated rings. The number of hydrogen-bond donors (Lipinski definition) is 1. The highest BCUT2D eigenvalue weighted by molar-refractivity contribution is 5.93. The largest absolute Gasteiger partial charge is 0.490 e. The number of rotatable bonds is 5. The second-order valence-corrected chi connectivity index (χ2v) is 6.34. The van der Waals surface area contributed by atoms with Crippen molar-refractivity contribution in [3.63, 3.8) is 0 Å². The van der Waals surface area contributed by atoms with Crippen LogP contribution in [0.25, 0.3) is 0 Å². The second kappa shape index (κ2) is 9.59. The summed E-state index contributed by atoms with van der Waals surface area (Å²) in [5.74, 6) is -1.79. The van der Waals surface area contributed by atoms with Crippen LogP contribution in [0, 0.1) is 0 Å². The van der Waals surface area contributed by atoms with E-state index >= 15 is 0 Å². The molecule has 0 bridgehead atoms. The minimum absolute atomic E-state index is 0.00768. The van der Waals surface area contributed by atoms with Crippen LogP contribution in [0.5, 0.6) is 0 Å². The number of carboxylic acid groups (broad SMARTS) is 1. The third kappa shape index (κ3) is 6.08. The van der Waals surface area contributed by atoms with E-state index in [0.717, 1.165) is 37.7 Å². The van der Waals surface area contributed by atoms with E-state index in [-0.39, 0.29) is 5.91 Å². The number of fused-ring (bicyclic) bond motifs is 1. The van der Waals surface area contributed by atoms with Gasteiger partial charge in [0.2, 0.25) is 0 Å². The number of amides is 1. The average molecular weight is 416 g/mol. The Labute approximate surface area is 165 Å². The number of carbonyl (C=O) groups is 2. The first-order valence-electron chi connectivity index (χ1n) is 9.04. The van der Waals surface area contributed by atoms with Crippen LogP contribution in [-0.2, 0) is 24.4 Å². The number of imidazole rings is 1. The van der Waals surface area contributed by atoms with Gasteiger partial charge >= 0.3 is 12.1 Å². The number of aromatic nitrogens is 2. The van der Waals surface area contributed by atoms with Crippen molar-refractivity contribution in [3.8, 4) is 0 Å². The number of halogens is 3. The molecule has 0 saturated carbocycles. The lowest BCUT2D eigenvalue weighted by atomic mass is 10.2. The predicted octanol–water partition coefficient (Wildman–Crippen LogP) is 2.61. The van der Waals surface area contributed by atoms with Gasteiger partial charge in [-0.25, -0.2) is 9.78 Å². The molecule has 0 aliphatic carbocycles. The molecule has 3 rings (SSSR count). The van der Waals surface area contributed by atoms with Crippen molar-refractivity contribution in [3.05, 3.63) is 41.9 Å². The molecule has 0 radical (unpaired) electrons. The Bertz CT molecular complexity index is 814. The van der Waals surface area contributed by atoms with E-state index in [4.69, 9.17) is 19.3 Å². The molecule has 0 aromatic carbocycles. The summed E-state index contributed by atoms with van der Waals surface area (Å²) in [7, 11) is 0. The molecule has 160 valence electrons. The predicted molar refractivity (Wildman–Crippen MR) is 96.0 cm³/mol. The first-order chi connectivity index (χ1) is 13.7. The number of carboxylic acids is 1. The van der Waals surface area contributed by atoms with E-state index in [1.165, 1.54) is 12.5 Å². The van der Waals surface area contributed by atoms with Crippen molar-refractivity contribution in [2.75, 3.05) is 19.6 Å². The zero-order valence-corrected chi connectivity index (χ0v) is 16.1. The molecule has 11 heteroatoms. The molecular formula is C18H23F3N4O4. The van der Waals surface area contributed by atoms with Crippen molar-refractivity contribution < 1.29 is 32.3 Å². The molecule has 2 aromatic rings. The van der Waals surface area contributed by atoms with Crippen LogP contribution in [0.15, 0.2) is 29.2 Å². The Morgan fingerprint density at radius 1 is 1.28 bits per heavy atom. The van der Waals surface area contributed by atoms with Crippen LogP contribution in [0.3, 0.4) is 0 Å². The molecule has 1 amide bonds. The molecular weight excluding hydrogens is 393 g/mol. The summed E-state index contributed by atoms with van der Waals surface area (Å²) in [4.78, 5) is 30.1. The SMILES string of the molecule is CCN(CC)Cc1cn2c(n1)CN(C(=O)c1ccoc1)CC2.O=C(O)C(F)(F)F. The molecule has 8 nitrogen and oxygen atoms in total. The Kier molecular flexibility index (Phi) is 7.43. The third-order valence-electron chi connectivity index (χ3n) is 4.43. The first kappa shape index (κ1) is 22.5. The summed E-state index contributed by atoms with van der Waals surface area (Å²) in [5, 5.41) is 7.12. The molecule has 2 aromatic heterocycles. The molecule has 29 heavy (non-hydrogen) atoms. The monoisotopic (exact) mass is 416 g/mol. The van der Waals surface area contributed by atoms with Gasteiger partial charge in [-0.05, 0) is 19.2 Å². The summed E-state index contributed by atoms with van der Waals surface area (Å²) in [6.07, 6.45) is 0.0584. The normalized spacial score (nSPS) is 13.7.